The summed E-state index contributed by atoms with van der Waals surface area (Å²) in [5.41, 5.74) is 5.49. The largest absolute Gasteiger partial charge is 0.369 e. The smallest absolute Gasteiger partial charge is 0.264 e. The lowest BCUT2D eigenvalue weighted by Crippen LogP contribution is -2.45. The van der Waals surface area contributed by atoms with Gasteiger partial charge in [-0.25, -0.2) is 9.38 Å². The van der Waals surface area contributed by atoms with Crippen LogP contribution in [0.4, 0.5) is 15.8 Å². The van der Waals surface area contributed by atoms with Gasteiger partial charge in [0.05, 0.1) is 10.6 Å². The van der Waals surface area contributed by atoms with Gasteiger partial charge in [-0.15, -0.1) is 0 Å². The van der Waals surface area contributed by atoms with E-state index in [0.717, 1.165) is 17.5 Å². The van der Waals surface area contributed by atoms with Crippen molar-refractivity contribution < 1.29 is 9.18 Å². The second kappa shape index (κ2) is 7.58. The maximum atomic E-state index is 13.1. The quantitative estimate of drug-likeness (QED) is 0.626. The summed E-state index contributed by atoms with van der Waals surface area (Å²) in [6, 6.07) is 10.3. The Morgan fingerprint density at radius 3 is 2.67 bits per heavy atom. The molecule has 156 valence electrons. The fourth-order valence-electron chi connectivity index (χ4n) is 4.14. The summed E-state index contributed by atoms with van der Waals surface area (Å²) in [6.45, 7) is 8.90. The average Bonchev–Trinajstić information content (AvgIpc) is 3.01. The number of nitrogens with zero attached hydrogens (tertiary/aromatic N) is 2. The topological polar surface area (TPSA) is 44.7 Å². The third-order valence-electron chi connectivity index (χ3n) is 6.02. The van der Waals surface area contributed by atoms with Crippen LogP contribution in [0, 0.1) is 12.7 Å². The monoisotopic (exact) mass is 423 g/mol. The Hall–Kier alpha value is -2.60. The number of anilines is 1. The Balaban J connectivity index is 1.64. The summed E-state index contributed by atoms with van der Waals surface area (Å²) in [5, 5.41) is 3.30. The van der Waals surface area contributed by atoms with Crippen molar-refractivity contribution in [3.05, 3.63) is 63.8 Å². The van der Waals surface area contributed by atoms with Gasteiger partial charge in [0.2, 0.25) is 0 Å². The number of hydrogen-bond acceptors (Lipinski definition) is 4. The Labute approximate surface area is 181 Å². The fraction of sp³-hybridized carbons (Fsp3) is 0.333. The van der Waals surface area contributed by atoms with Crippen molar-refractivity contribution in [3.8, 4) is 0 Å². The molecule has 1 unspecified atom stereocenters. The molecule has 1 amide bonds. The predicted molar refractivity (Wildman–Crippen MR) is 124 cm³/mol. The van der Waals surface area contributed by atoms with Gasteiger partial charge in [-0.2, -0.15) is 0 Å². The molecule has 1 fully saturated rings. The molecule has 0 radical (unpaired) electrons. The molecule has 4 nitrogen and oxygen atoms in total. The first-order valence-electron chi connectivity index (χ1n) is 10.1. The van der Waals surface area contributed by atoms with Gasteiger partial charge in [0.15, 0.2) is 5.17 Å². The third kappa shape index (κ3) is 3.88. The Kier molecular flexibility index (Phi) is 5.22. The molecule has 1 N–H and O–H groups in total. The minimum absolute atomic E-state index is 0.117. The lowest BCUT2D eigenvalue weighted by molar-refractivity contribution is -0.115. The van der Waals surface area contributed by atoms with E-state index in [4.69, 9.17) is 0 Å². The SMILES string of the molecule is Cc1cc2c(cc1/C=C1/SC(=Nc3ccc(F)cc3)NC1=O)C(C)CC(C)(C)N2C. The zero-order valence-electron chi connectivity index (χ0n) is 17.9. The fourth-order valence-corrected chi connectivity index (χ4v) is 4.98. The molecule has 2 aliphatic rings. The predicted octanol–water partition coefficient (Wildman–Crippen LogP) is 5.75. The Morgan fingerprint density at radius 2 is 1.97 bits per heavy atom. The van der Waals surface area contributed by atoms with E-state index in [9.17, 15) is 9.18 Å². The highest BCUT2D eigenvalue weighted by Crippen LogP contribution is 2.44. The maximum absolute atomic E-state index is 13.1. The van der Waals surface area contributed by atoms with Crippen LogP contribution in [0.5, 0.6) is 0 Å². The minimum atomic E-state index is -0.311. The van der Waals surface area contributed by atoms with Gasteiger partial charge < -0.3 is 10.2 Å². The van der Waals surface area contributed by atoms with Crippen LogP contribution in [0.15, 0.2) is 46.3 Å². The van der Waals surface area contributed by atoms with E-state index in [1.165, 1.54) is 35.1 Å². The summed E-state index contributed by atoms with van der Waals surface area (Å²) < 4.78 is 13.1. The number of aryl methyl sites for hydroxylation is 1. The van der Waals surface area contributed by atoms with Crippen LogP contribution in [0.2, 0.25) is 0 Å². The molecule has 2 heterocycles. The van der Waals surface area contributed by atoms with E-state index in [1.54, 1.807) is 12.1 Å². The number of aliphatic imine (C=N–C) groups is 1. The van der Waals surface area contributed by atoms with E-state index in [0.29, 0.717) is 21.7 Å². The molecule has 0 aliphatic carbocycles. The van der Waals surface area contributed by atoms with Crippen LogP contribution in [0.3, 0.4) is 0 Å². The van der Waals surface area contributed by atoms with Crippen LogP contribution in [-0.2, 0) is 4.79 Å². The summed E-state index contributed by atoms with van der Waals surface area (Å²) >= 11 is 1.31. The number of fused-ring (bicyclic) bond motifs is 1. The molecule has 0 bridgehead atoms. The lowest BCUT2D eigenvalue weighted by atomic mass is 9.79. The number of carbonyl (C=O) groups excluding carboxylic acids is 1. The number of hydrogen-bond donors (Lipinski definition) is 1. The van der Waals surface area contributed by atoms with Crippen LogP contribution in [0.1, 0.15) is 49.8 Å². The minimum Gasteiger partial charge on any atom is -0.369 e. The molecule has 1 atom stereocenters. The van der Waals surface area contributed by atoms with Crippen LogP contribution in [-0.4, -0.2) is 23.7 Å². The molecular formula is C24H26FN3OS. The third-order valence-corrected chi connectivity index (χ3v) is 6.93. The van der Waals surface area contributed by atoms with Gasteiger partial charge in [-0.05, 0) is 104 Å². The first-order valence-corrected chi connectivity index (χ1v) is 10.9. The second-order valence-corrected chi connectivity index (χ2v) is 9.73. The van der Waals surface area contributed by atoms with Crippen LogP contribution >= 0.6 is 11.8 Å². The summed E-state index contributed by atoms with van der Waals surface area (Å²) in [7, 11) is 2.15. The zero-order valence-corrected chi connectivity index (χ0v) is 18.7. The molecule has 2 aromatic carbocycles. The van der Waals surface area contributed by atoms with E-state index < -0.39 is 0 Å². The van der Waals surface area contributed by atoms with E-state index in [1.807, 2.05) is 6.08 Å². The van der Waals surface area contributed by atoms with Gasteiger partial charge in [0.1, 0.15) is 5.82 Å². The normalized spacial score (nSPS) is 23.1. The highest BCUT2D eigenvalue weighted by atomic mass is 32.2. The van der Waals surface area contributed by atoms with Gasteiger partial charge in [0.25, 0.3) is 5.91 Å². The second-order valence-electron chi connectivity index (χ2n) is 8.70. The number of benzene rings is 2. The molecule has 30 heavy (non-hydrogen) atoms. The number of halogens is 1. The summed E-state index contributed by atoms with van der Waals surface area (Å²) in [5.74, 6) is -0.0253. The first kappa shape index (κ1) is 20.7. The number of nitrogens with one attached hydrogen (secondary N) is 1. The molecule has 2 aliphatic heterocycles. The first-order chi connectivity index (χ1) is 14.1. The van der Waals surface area contributed by atoms with Gasteiger partial charge in [-0.3, -0.25) is 4.79 Å². The Morgan fingerprint density at radius 1 is 1.27 bits per heavy atom. The van der Waals surface area contributed by atoms with Crippen molar-refractivity contribution in [2.24, 2.45) is 4.99 Å². The van der Waals surface area contributed by atoms with Crippen LogP contribution < -0.4 is 10.2 Å². The summed E-state index contributed by atoms with van der Waals surface area (Å²) in [4.78, 5) is 19.9. The average molecular weight is 424 g/mol. The van der Waals surface area contributed by atoms with E-state index >= 15 is 0 Å². The standard InChI is InChI=1S/C24H26FN3OS/c1-14-10-20-19(15(2)13-24(3,4)28(20)5)11-16(14)12-21-22(29)27-23(30-21)26-18-8-6-17(25)7-9-18/h6-12,15H,13H2,1-5H3,(H,26,27,29)/b21-12+. The molecule has 1 saturated heterocycles. The van der Waals surface area contributed by atoms with Crippen LogP contribution in [0.25, 0.3) is 6.08 Å². The molecule has 6 heteroatoms. The Bertz CT molecular complexity index is 1070. The molecular weight excluding hydrogens is 397 g/mol. The molecule has 0 spiro atoms. The number of amidine groups is 1. The van der Waals surface area contributed by atoms with Gasteiger partial charge >= 0.3 is 0 Å². The van der Waals surface area contributed by atoms with Crippen molar-refractivity contribution in [1.29, 1.82) is 0 Å². The molecule has 0 saturated carbocycles. The number of rotatable bonds is 2. The zero-order chi connectivity index (χ0) is 21.6. The number of amides is 1. The lowest BCUT2D eigenvalue weighted by Gasteiger charge is -2.45. The molecule has 0 aromatic heterocycles. The van der Waals surface area contributed by atoms with Gasteiger partial charge in [0, 0.05) is 18.3 Å². The van der Waals surface area contributed by atoms with Crippen molar-refractivity contribution in [2.75, 3.05) is 11.9 Å². The van der Waals surface area contributed by atoms with Crippen molar-refractivity contribution in [1.82, 2.24) is 5.32 Å². The molecule has 2 aromatic rings. The molecule has 4 rings (SSSR count). The van der Waals surface area contributed by atoms with E-state index in [2.05, 4.69) is 62.1 Å². The maximum Gasteiger partial charge on any atom is 0.264 e. The van der Waals surface area contributed by atoms with E-state index in [-0.39, 0.29) is 17.3 Å². The van der Waals surface area contributed by atoms with Crippen molar-refractivity contribution >= 4 is 40.3 Å². The van der Waals surface area contributed by atoms with Crippen molar-refractivity contribution in [2.45, 2.75) is 45.6 Å². The number of thioether (sulfide) groups is 1. The highest BCUT2D eigenvalue weighted by molar-refractivity contribution is 8.18. The summed E-state index contributed by atoms with van der Waals surface area (Å²) in [6.07, 6.45) is 3.02. The van der Waals surface area contributed by atoms with Gasteiger partial charge in [-0.1, -0.05) is 6.92 Å². The number of carbonyl (C=O) groups is 1. The van der Waals surface area contributed by atoms with Crippen molar-refractivity contribution in [3.63, 3.8) is 0 Å². The highest BCUT2D eigenvalue weighted by Gasteiger charge is 2.34.